The van der Waals surface area contributed by atoms with Crippen molar-refractivity contribution in [3.05, 3.63) is 28.2 Å². The van der Waals surface area contributed by atoms with Crippen LogP contribution in [0.5, 0.6) is 0 Å². The van der Waals surface area contributed by atoms with Crippen molar-refractivity contribution >= 4 is 28.9 Å². The lowest BCUT2D eigenvalue weighted by atomic mass is 9.71. The summed E-state index contributed by atoms with van der Waals surface area (Å²) in [6.45, 7) is 7.05. The molecule has 3 heteroatoms. The summed E-state index contributed by atoms with van der Waals surface area (Å²) in [6, 6.07) is 6.20. The fourth-order valence-electron chi connectivity index (χ4n) is 2.93. The van der Waals surface area contributed by atoms with E-state index in [0.717, 1.165) is 11.6 Å². The van der Waals surface area contributed by atoms with Crippen LogP contribution in [-0.4, -0.2) is 6.04 Å². The predicted octanol–water partition coefficient (Wildman–Crippen LogP) is 6.01. The van der Waals surface area contributed by atoms with Gasteiger partial charge in [-0.15, -0.1) is 0 Å². The normalized spacial score (nSPS) is 24.3. The zero-order valence-electron chi connectivity index (χ0n) is 12.0. The highest BCUT2D eigenvalue weighted by Crippen LogP contribution is 2.39. The second kappa shape index (κ2) is 5.93. The van der Waals surface area contributed by atoms with E-state index in [1.807, 2.05) is 12.1 Å². The van der Waals surface area contributed by atoms with E-state index in [1.165, 1.54) is 25.7 Å². The molecule has 2 rings (SSSR count). The van der Waals surface area contributed by atoms with Crippen LogP contribution in [0.15, 0.2) is 18.2 Å². The topological polar surface area (TPSA) is 12.0 Å². The van der Waals surface area contributed by atoms with Gasteiger partial charge in [0.05, 0.1) is 10.7 Å². The molecule has 1 fully saturated rings. The van der Waals surface area contributed by atoms with Gasteiger partial charge in [0, 0.05) is 11.1 Å². The van der Waals surface area contributed by atoms with Gasteiger partial charge in [-0.2, -0.15) is 0 Å². The number of benzene rings is 1. The molecule has 0 saturated heterocycles. The molecular formula is C16H23Cl2N. The average molecular weight is 300 g/mol. The monoisotopic (exact) mass is 299 g/mol. The molecule has 1 aliphatic carbocycles. The van der Waals surface area contributed by atoms with Crippen LogP contribution in [0.2, 0.25) is 10.0 Å². The van der Waals surface area contributed by atoms with Gasteiger partial charge in [0.15, 0.2) is 0 Å². The minimum absolute atomic E-state index is 0.433. The van der Waals surface area contributed by atoms with Crippen molar-refractivity contribution in [1.29, 1.82) is 0 Å². The van der Waals surface area contributed by atoms with E-state index >= 15 is 0 Å². The van der Waals surface area contributed by atoms with E-state index < -0.39 is 0 Å². The molecule has 0 atom stereocenters. The number of nitrogens with one attached hydrogen (secondary N) is 1. The maximum Gasteiger partial charge on any atom is 0.0652 e. The first-order valence-electron chi connectivity index (χ1n) is 7.08. The van der Waals surface area contributed by atoms with Crippen LogP contribution in [0.1, 0.15) is 46.5 Å². The van der Waals surface area contributed by atoms with Crippen molar-refractivity contribution in [3.8, 4) is 0 Å². The Hall–Kier alpha value is -0.400. The third-order valence-electron chi connectivity index (χ3n) is 4.24. The predicted molar refractivity (Wildman–Crippen MR) is 85.3 cm³/mol. The number of hydrogen-bond donors (Lipinski definition) is 1. The molecule has 1 nitrogen and oxygen atoms in total. The van der Waals surface area contributed by atoms with Gasteiger partial charge in [-0.05, 0) is 55.2 Å². The first-order valence-corrected chi connectivity index (χ1v) is 7.83. The first-order chi connectivity index (χ1) is 8.86. The number of anilines is 1. The molecule has 1 aromatic rings. The lowest BCUT2D eigenvalue weighted by Gasteiger charge is -2.37. The van der Waals surface area contributed by atoms with Gasteiger partial charge in [-0.3, -0.25) is 0 Å². The smallest absolute Gasteiger partial charge is 0.0652 e. The molecule has 0 bridgehead atoms. The Morgan fingerprint density at radius 2 is 1.68 bits per heavy atom. The van der Waals surface area contributed by atoms with Crippen molar-refractivity contribution < 1.29 is 0 Å². The molecule has 1 saturated carbocycles. The second-order valence-electron chi connectivity index (χ2n) is 6.68. The molecule has 0 unspecified atom stereocenters. The molecule has 1 aliphatic rings. The standard InChI is InChI=1S/C16H23Cl2N/c1-16(2,3)11-4-7-13(8-5-11)19-15-9-6-12(17)10-14(15)18/h6,9-11,13,19H,4-5,7-8H2,1-3H3. The Bertz CT molecular complexity index is 429. The summed E-state index contributed by atoms with van der Waals surface area (Å²) in [5.41, 5.74) is 1.44. The van der Waals surface area contributed by atoms with Crippen molar-refractivity contribution in [2.75, 3.05) is 5.32 Å². The molecular weight excluding hydrogens is 277 g/mol. The fraction of sp³-hybridized carbons (Fsp3) is 0.625. The molecule has 0 heterocycles. The van der Waals surface area contributed by atoms with Crippen LogP contribution >= 0.6 is 23.2 Å². The molecule has 1 aromatic carbocycles. The third-order valence-corrected chi connectivity index (χ3v) is 4.79. The van der Waals surface area contributed by atoms with E-state index in [-0.39, 0.29) is 0 Å². The molecule has 1 N–H and O–H groups in total. The largest absolute Gasteiger partial charge is 0.381 e. The summed E-state index contributed by atoms with van der Waals surface area (Å²) in [4.78, 5) is 0. The van der Waals surface area contributed by atoms with Gasteiger partial charge in [0.2, 0.25) is 0 Å². The minimum atomic E-state index is 0.433. The van der Waals surface area contributed by atoms with Crippen molar-refractivity contribution in [3.63, 3.8) is 0 Å². The zero-order valence-corrected chi connectivity index (χ0v) is 13.5. The minimum Gasteiger partial charge on any atom is -0.381 e. The van der Waals surface area contributed by atoms with E-state index in [1.54, 1.807) is 6.07 Å². The SMILES string of the molecule is CC(C)(C)C1CCC(Nc2ccc(Cl)cc2Cl)CC1. The van der Waals surface area contributed by atoms with Crippen LogP contribution in [0.3, 0.4) is 0 Å². The maximum atomic E-state index is 6.20. The van der Waals surface area contributed by atoms with E-state index in [2.05, 4.69) is 26.1 Å². The molecule has 106 valence electrons. The third kappa shape index (κ3) is 4.03. The maximum absolute atomic E-state index is 6.20. The molecule has 0 aromatic heterocycles. The van der Waals surface area contributed by atoms with E-state index in [4.69, 9.17) is 23.2 Å². The molecule has 0 amide bonds. The van der Waals surface area contributed by atoms with Gasteiger partial charge >= 0.3 is 0 Å². The fourth-order valence-corrected chi connectivity index (χ4v) is 3.39. The summed E-state index contributed by atoms with van der Waals surface area (Å²) in [7, 11) is 0. The van der Waals surface area contributed by atoms with E-state index in [0.29, 0.717) is 21.5 Å². The summed E-state index contributed by atoms with van der Waals surface area (Å²) in [5, 5.41) is 4.96. The Labute approximate surface area is 126 Å². The van der Waals surface area contributed by atoms with Gasteiger partial charge < -0.3 is 5.32 Å². The van der Waals surface area contributed by atoms with Gasteiger partial charge in [0.25, 0.3) is 0 Å². The van der Waals surface area contributed by atoms with Crippen molar-refractivity contribution in [1.82, 2.24) is 0 Å². The quantitative estimate of drug-likeness (QED) is 0.705. The number of rotatable bonds is 2. The summed E-state index contributed by atoms with van der Waals surface area (Å²) in [5.74, 6) is 0.839. The zero-order chi connectivity index (χ0) is 14.0. The summed E-state index contributed by atoms with van der Waals surface area (Å²) in [6.07, 6.45) is 5.04. The molecule has 0 aliphatic heterocycles. The van der Waals surface area contributed by atoms with E-state index in [9.17, 15) is 0 Å². The molecule has 19 heavy (non-hydrogen) atoms. The van der Waals surface area contributed by atoms with Crippen LogP contribution in [0.4, 0.5) is 5.69 Å². The second-order valence-corrected chi connectivity index (χ2v) is 7.53. The lowest BCUT2D eigenvalue weighted by molar-refractivity contribution is 0.173. The van der Waals surface area contributed by atoms with Crippen molar-refractivity contribution in [2.24, 2.45) is 11.3 Å². The Morgan fingerprint density at radius 3 is 2.21 bits per heavy atom. The van der Waals surface area contributed by atoms with Gasteiger partial charge in [0.1, 0.15) is 0 Å². The highest BCUT2D eigenvalue weighted by molar-refractivity contribution is 6.36. The number of halogens is 2. The van der Waals surface area contributed by atoms with Gasteiger partial charge in [-0.1, -0.05) is 44.0 Å². The van der Waals surface area contributed by atoms with Gasteiger partial charge in [-0.25, -0.2) is 0 Å². The summed E-state index contributed by atoms with van der Waals surface area (Å²) >= 11 is 12.1. The Balaban J connectivity index is 1.92. The summed E-state index contributed by atoms with van der Waals surface area (Å²) < 4.78 is 0. The first kappa shape index (κ1) is 15.0. The van der Waals surface area contributed by atoms with Crippen LogP contribution in [-0.2, 0) is 0 Å². The number of hydrogen-bond acceptors (Lipinski definition) is 1. The highest BCUT2D eigenvalue weighted by Gasteiger charge is 2.29. The Kier molecular flexibility index (Phi) is 4.68. The van der Waals surface area contributed by atoms with Crippen LogP contribution in [0, 0.1) is 11.3 Å². The highest BCUT2D eigenvalue weighted by atomic mass is 35.5. The Morgan fingerprint density at radius 1 is 1.05 bits per heavy atom. The van der Waals surface area contributed by atoms with Crippen LogP contribution in [0.25, 0.3) is 0 Å². The average Bonchev–Trinajstić information content (AvgIpc) is 2.32. The molecule has 0 radical (unpaired) electrons. The lowest BCUT2D eigenvalue weighted by Crippen LogP contribution is -2.31. The van der Waals surface area contributed by atoms with Crippen LogP contribution < -0.4 is 5.32 Å². The molecule has 0 spiro atoms. The van der Waals surface area contributed by atoms with Crippen molar-refractivity contribution in [2.45, 2.75) is 52.5 Å².